The zero-order valence-electron chi connectivity index (χ0n) is 7.12. The van der Waals surface area contributed by atoms with Crippen molar-refractivity contribution in [3.05, 3.63) is 18.2 Å². The molecule has 0 aliphatic carbocycles. The van der Waals surface area contributed by atoms with Crippen LogP contribution in [0.5, 0.6) is 0 Å². The van der Waals surface area contributed by atoms with E-state index in [1.165, 1.54) is 0 Å². The summed E-state index contributed by atoms with van der Waals surface area (Å²) in [6, 6.07) is 0.197. The third-order valence-electron chi connectivity index (χ3n) is 1.65. The maximum absolute atomic E-state index is 5.65. The largest absolute Gasteiger partial charge is 0.335 e. The SMILES string of the molecule is CCn1ccnc1C[C@H](C)N. The second-order valence-corrected chi connectivity index (χ2v) is 2.81. The highest BCUT2D eigenvalue weighted by Crippen LogP contribution is 1.99. The Kier molecular flexibility index (Phi) is 2.65. The average Bonchev–Trinajstić information content (AvgIpc) is 2.34. The predicted octanol–water partition coefficient (Wildman–Crippen LogP) is 0.793. The molecule has 2 N–H and O–H groups in total. The van der Waals surface area contributed by atoms with E-state index in [1.807, 2.05) is 19.3 Å². The van der Waals surface area contributed by atoms with Crippen molar-refractivity contribution in [2.75, 3.05) is 0 Å². The molecule has 0 fully saturated rings. The Morgan fingerprint density at radius 3 is 3.00 bits per heavy atom. The van der Waals surface area contributed by atoms with Gasteiger partial charge in [-0.25, -0.2) is 4.98 Å². The van der Waals surface area contributed by atoms with Gasteiger partial charge in [0.1, 0.15) is 5.82 Å². The first kappa shape index (κ1) is 8.27. The molecule has 1 aromatic heterocycles. The molecule has 1 heterocycles. The van der Waals surface area contributed by atoms with E-state index in [9.17, 15) is 0 Å². The lowest BCUT2D eigenvalue weighted by molar-refractivity contribution is 0.637. The van der Waals surface area contributed by atoms with Gasteiger partial charge in [0, 0.05) is 31.4 Å². The van der Waals surface area contributed by atoms with Crippen molar-refractivity contribution < 1.29 is 0 Å². The molecule has 1 aromatic rings. The molecule has 0 aliphatic heterocycles. The quantitative estimate of drug-likeness (QED) is 0.697. The molecule has 0 spiro atoms. The van der Waals surface area contributed by atoms with Crippen molar-refractivity contribution in [1.82, 2.24) is 9.55 Å². The van der Waals surface area contributed by atoms with Crippen molar-refractivity contribution in [2.45, 2.75) is 32.9 Å². The lowest BCUT2D eigenvalue weighted by Crippen LogP contribution is -2.20. The summed E-state index contributed by atoms with van der Waals surface area (Å²) in [6.07, 6.45) is 4.67. The maximum atomic E-state index is 5.65. The Balaban J connectivity index is 2.68. The monoisotopic (exact) mass is 153 g/mol. The van der Waals surface area contributed by atoms with Gasteiger partial charge in [0.05, 0.1) is 0 Å². The summed E-state index contributed by atoms with van der Waals surface area (Å²) in [4.78, 5) is 4.21. The van der Waals surface area contributed by atoms with Gasteiger partial charge >= 0.3 is 0 Å². The van der Waals surface area contributed by atoms with Crippen LogP contribution in [-0.2, 0) is 13.0 Å². The Bertz CT molecular complexity index is 215. The number of imidazole rings is 1. The zero-order chi connectivity index (χ0) is 8.27. The molecular formula is C8H15N3. The average molecular weight is 153 g/mol. The molecule has 62 valence electrons. The molecular weight excluding hydrogens is 138 g/mol. The van der Waals surface area contributed by atoms with Crippen LogP contribution in [0.2, 0.25) is 0 Å². The van der Waals surface area contributed by atoms with E-state index in [0.29, 0.717) is 0 Å². The van der Waals surface area contributed by atoms with Gasteiger partial charge in [-0.2, -0.15) is 0 Å². The molecule has 0 amide bonds. The highest BCUT2D eigenvalue weighted by Gasteiger charge is 2.02. The van der Waals surface area contributed by atoms with Crippen LogP contribution in [0.15, 0.2) is 12.4 Å². The van der Waals surface area contributed by atoms with Crippen LogP contribution in [0.3, 0.4) is 0 Å². The van der Waals surface area contributed by atoms with Crippen LogP contribution in [0, 0.1) is 0 Å². The van der Waals surface area contributed by atoms with Gasteiger partial charge in [0.2, 0.25) is 0 Å². The van der Waals surface area contributed by atoms with Crippen molar-refractivity contribution in [3.63, 3.8) is 0 Å². The minimum absolute atomic E-state index is 0.197. The standard InChI is InChI=1S/C8H15N3/c1-3-11-5-4-10-8(11)6-7(2)9/h4-5,7H,3,6,9H2,1-2H3/t7-/m0/s1. The topological polar surface area (TPSA) is 43.8 Å². The van der Waals surface area contributed by atoms with Crippen LogP contribution in [0.25, 0.3) is 0 Å². The molecule has 0 saturated heterocycles. The van der Waals surface area contributed by atoms with Gasteiger partial charge < -0.3 is 10.3 Å². The summed E-state index contributed by atoms with van der Waals surface area (Å²) >= 11 is 0. The molecule has 0 aromatic carbocycles. The van der Waals surface area contributed by atoms with E-state index in [0.717, 1.165) is 18.8 Å². The summed E-state index contributed by atoms with van der Waals surface area (Å²) < 4.78 is 2.11. The minimum atomic E-state index is 0.197. The first-order valence-electron chi connectivity index (χ1n) is 3.99. The molecule has 1 rings (SSSR count). The number of hydrogen-bond acceptors (Lipinski definition) is 2. The molecule has 0 aliphatic rings. The molecule has 1 atom stereocenters. The molecule has 3 nitrogen and oxygen atoms in total. The van der Waals surface area contributed by atoms with E-state index in [-0.39, 0.29) is 6.04 Å². The fraction of sp³-hybridized carbons (Fsp3) is 0.625. The Morgan fingerprint density at radius 2 is 2.45 bits per heavy atom. The number of aromatic nitrogens is 2. The van der Waals surface area contributed by atoms with Gasteiger partial charge in [-0.05, 0) is 13.8 Å². The minimum Gasteiger partial charge on any atom is -0.335 e. The fourth-order valence-electron chi connectivity index (χ4n) is 1.11. The first-order chi connectivity index (χ1) is 5.24. The van der Waals surface area contributed by atoms with Crippen LogP contribution in [0.1, 0.15) is 19.7 Å². The maximum Gasteiger partial charge on any atom is 0.110 e. The third-order valence-corrected chi connectivity index (χ3v) is 1.65. The van der Waals surface area contributed by atoms with Crippen molar-refractivity contribution in [1.29, 1.82) is 0 Å². The summed E-state index contributed by atoms with van der Waals surface area (Å²) in [5.74, 6) is 1.09. The lowest BCUT2D eigenvalue weighted by Gasteiger charge is -2.06. The molecule has 3 heteroatoms. The number of hydrogen-bond donors (Lipinski definition) is 1. The second-order valence-electron chi connectivity index (χ2n) is 2.81. The van der Waals surface area contributed by atoms with Crippen LogP contribution in [0.4, 0.5) is 0 Å². The van der Waals surface area contributed by atoms with Gasteiger partial charge in [0.15, 0.2) is 0 Å². The number of nitrogens with two attached hydrogens (primary N) is 1. The number of rotatable bonds is 3. The van der Waals surface area contributed by atoms with E-state index in [2.05, 4.69) is 16.5 Å². The van der Waals surface area contributed by atoms with Crippen molar-refractivity contribution in [2.24, 2.45) is 5.73 Å². The summed E-state index contributed by atoms with van der Waals surface area (Å²) in [6.45, 7) is 5.07. The van der Waals surface area contributed by atoms with Gasteiger partial charge in [-0.3, -0.25) is 0 Å². The second kappa shape index (κ2) is 3.53. The van der Waals surface area contributed by atoms with E-state index in [4.69, 9.17) is 5.73 Å². The Labute approximate surface area is 67.2 Å². The lowest BCUT2D eigenvalue weighted by atomic mass is 10.2. The molecule has 11 heavy (non-hydrogen) atoms. The summed E-state index contributed by atoms with van der Waals surface area (Å²) in [7, 11) is 0. The molecule has 0 saturated carbocycles. The van der Waals surface area contributed by atoms with Crippen molar-refractivity contribution >= 4 is 0 Å². The van der Waals surface area contributed by atoms with Crippen LogP contribution in [-0.4, -0.2) is 15.6 Å². The number of aryl methyl sites for hydroxylation is 1. The molecule has 0 radical (unpaired) electrons. The summed E-state index contributed by atoms with van der Waals surface area (Å²) in [5.41, 5.74) is 5.65. The van der Waals surface area contributed by atoms with E-state index >= 15 is 0 Å². The van der Waals surface area contributed by atoms with E-state index in [1.54, 1.807) is 0 Å². The Morgan fingerprint density at radius 1 is 1.73 bits per heavy atom. The highest BCUT2D eigenvalue weighted by molar-refractivity contribution is 4.93. The normalized spacial score (nSPS) is 13.4. The first-order valence-corrected chi connectivity index (χ1v) is 3.99. The highest BCUT2D eigenvalue weighted by atomic mass is 15.1. The van der Waals surface area contributed by atoms with Crippen LogP contribution >= 0.6 is 0 Å². The Hall–Kier alpha value is -0.830. The molecule has 0 bridgehead atoms. The third kappa shape index (κ3) is 2.05. The smallest absolute Gasteiger partial charge is 0.110 e. The molecule has 0 unspecified atom stereocenters. The van der Waals surface area contributed by atoms with Crippen LogP contribution < -0.4 is 5.73 Å². The predicted molar refractivity (Wildman–Crippen MR) is 45.3 cm³/mol. The zero-order valence-corrected chi connectivity index (χ0v) is 7.12. The summed E-state index contributed by atoms with van der Waals surface area (Å²) in [5, 5.41) is 0. The van der Waals surface area contributed by atoms with Gasteiger partial charge in [-0.1, -0.05) is 0 Å². The van der Waals surface area contributed by atoms with Gasteiger partial charge in [0.25, 0.3) is 0 Å². The fourth-order valence-corrected chi connectivity index (χ4v) is 1.11. The van der Waals surface area contributed by atoms with Gasteiger partial charge in [-0.15, -0.1) is 0 Å². The number of nitrogens with zero attached hydrogens (tertiary/aromatic N) is 2. The van der Waals surface area contributed by atoms with Crippen molar-refractivity contribution in [3.8, 4) is 0 Å². The van der Waals surface area contributed by atoms with E-state index < -0.39 is 0 Å².